The summed E-state index contributed by atoms with van der Waals surface area (Å²) in [6, 6.07) is 12.9. The average Bonchev–Trinajstić information content (AvgIpc) is 2.58. The van der Waals surface area contributed by atoms with E-state index in [1.807, 2.05) is 0 Å². The van der Waals surface area contributed by atoms with Crippen molar-refractivity contribution in [3.63, 3.8) is 0 Å². The Morgan fingerprint density at radius 1 is 1.12 bits per heavy atom. The lowest BCUT2D eigenvalue weighted by atomic mass is 10.1. The van der Waals surface area contributed by atoms with E-state index < -0.39 is 23.6 Å². The van der Waals surface area contributed by atoms with Gasteiger partial charge in [-0.15, -0.1) is 0 Å². The number of ether oxygens (including phenoxy) is 1. The summed E-state index contributed by atoms with van der Waals surface area (Å²) in [5, 5.41) is 2.74. The molecule has 0 aromatic heterocycles. The lowest BCUT2D eigenvalue weighted by Gasteiger charge is -2.10. The zero-order chi connectivity index (χ0) is 19.2. The van der Waals surface area contributed by atoms with Gasteiger partial charge in [0, 0.05) is 34.9 Å². The van der Waals surface area contributed by atoms with Crippen LogP contribution in [0.5, 0.6) is 5.75 Å². The van der Waals surface area contributed by atoms with E-state index in [-0.39, 0.29) is 18.2 Å². The van der Waals surface area contributed by atoms with E-state index in [0.29, 0.717) is 11.3 Å². The Hall–Kier alpha value is -2.35. The summed E-state index contributed by atoms with van der Waals surface area (Å²) in [5.41, 5.74) is 1.99. The molecule has 0 saturated heterocycles. The van der Waals surface area contributed by atoms with Gasteiger partial charge in [0.25, 0.3) is 5.91 Å². The Labute approximate surface area is 151 Å². The Bertz CT molecular complexity index is 776. The van der Waals surface area contributed by atoms with Crippen LogP contribution in [0.15, 0.2) is 48.5 Å². The Morgan fingerprint density at radius 2 is 1.81 bits per heavy atom. The van der Waals surface area contributed by atoms with Crippen LogP contribution >= 0.6 is 0 Å². The standard InChI is InChI=1S/C18H18F3NO3S/c1-26(24)11-14-3-2-4-15(9-14)17(23)22-10-13-5-7-16(8-6-13)25-12-18(19,20)21/h2-9H,10-12H2,1H3,(H,22,23). The summed E-state index contributed by atoms with van der Waals surface area (Å²) in [4.78, 5) is 12.2. The summed E-state index contributed by atoms with van der Waals surface area (Å²) in [5.74, 6) is 0.198. The highest BCUT2D eigenvalue weighted by atomic mass is 32.2. The summed E-state index contributed by atoms with van der Waals surface area (Å²) >= 11 is 0. The molecule has 0 aliphatic carbocycles. The van der Waals surface area contributed by atoms with Gasteiger partial charge < -0.3 is 10.1 Å². The molecule has 0 saturated carbocycles. The van der Waals surface area contributed by atoms with Crippen molar-refractivity contribution in [2.24, 2.45) is 0 Å². The third-order valence-electron chi connectivity index (χ3n) is 3.34. The van der Waals surface area contributed by atoms with Crippen LogP contribution in [0.4, 0.5) is 13.2 Å². The summed E-state index contributed by atoms with van der Waals surface area (Å²) < 4.78 is 52.2. The third kappa shape index (κ3) is 6.87. The number of carbonyl (C=O) groups excluding carboxylic acids is 1. The molecular formula is C18H18F3NO3S. The van der Waals surface area contributed by atoms with Crippen LogP contribution in [-0.4, -0.2) is 29.2 Å². The average molecular weight is 385 g/mol. The minimum atomic E-state index is -4.38. The number of halogens is 3. The predicted octanol–water partition coefficient (Wildman–Crippen LogP) is 3.44. The first-order chi connectivity index (χ1) is 12.2. The molecule has 2 rings (SSSR count). The largest absolute Gasteiger partial charge is 0.484 e. The molecule has 0 bridgehead atoms. The fourth-order valence-corrected chi connectivity index (χ4v) is 2.84. The molecule has 0 fully saturated rings. The van der Waals surface area contributed by atoms with Crippen LogP contribution in [-0.2, 0) is 23.1 Å². The van der Waals surface area contributed by atoms with E-state index in [9.17, 15) is 22.2 Å². The maximum Gasteiger partial charge on any atom is 0.422 e. The number of benzene rings is 2. The quantitative estimate of drug-likeness (QED) is 0.795. The lowest BCUT2D eigenvalue weighted by molar-refractivity contribution is -0.153. The van der Waals surface area contributed by atoms with Crippen molar-refractivity contribution in [2.45, 2.75) is 18.5 Å². The number of carbonyl (C=O) groups is 1. The minimum absolute atomic E-state index is 0.109. The second-order valence-electron chi connectivity index (χ2n) is 5.65. The van der Waals surface area contributed by atoms with Crippen molar-refractivity contribution in [3.8, 4) is 5.75 Å². The Morgan fingerprint density at radius 3 is 2.42 bits per heavy atom. The molecule has 4 nitrogen and oxygen atoms in total. The number of hydrogen-bond donors (Lipinski definition) is 1. The first-order valence-corrected chi connectivity index (χ1v) is 9.41. The lowest BCUT2D eigenvalue weighted by Crippen LogP contribution is -2.23. The topological polar surface area (TPSA) is 55.4 Å². The van der Waals surface area contributed by atoms with Crippen molar-refractivity contribution >= 4 is 16.7 Å². The first-order valence-electron chi connectivity index (χ1n) is 7.68. The fourth-order valence-electron chi connectivity index (χ4n) is 2.19. The molecule has 1 atom stereocenters. The zero-order valence-corrected chi connectivity index (χ0v) is 14.8. The number of alkyl halides is 3. The summed E-state index contributed by atoms with van der Waals surface area (Å²) in [7, 11) is -0.995. The van der Waals surface area contributed by atoms with Gasteiger partial charge in [0.2, 0.25) is 0 Å². The highest BCUT2D eigenvalue weighted by Gasteiger charge is 2.28. The van der Waals surface area contributed by atoms with Crippen LogP contribution in [0.1, 0.15) is 21.5 Å². The van der Waals surface area contributed by atoms with Crippen molar-refractivity contribution < 1.29 is 26.9 Å². The van der Waals surface area contributed by atoms with Gasteiger partial charge in [0.15, 0.2) is 6.61 Å². The van der Waals surface area contributed by atoms with Gasteiger partial charge in [-0.25, -0.2) is 0 Å². The maximum atomic E-state index is 12.2. The summed E-state index contributed by atoms with van der Waals surface area (Å²) in [6.07, 6.45) is -2.79. The van der Waals surface area contributed by atoms with Gasteiger partial charge in [0.1, 0.15) is 5.75 Å². The highest BCUT2D eigenvalue weighted by molar-refractivity contribution is 7.83. The molecular weight excluding hydrogens is 367 g/mol. The molecule has 1 amide bonds. The number of nitrogens with one attached hydrogen (secondary N) is 1. The van der Waals surface area contributed by atoms with Gasteiger partial charge in [-0.2, -0.15) is 13.2 Å². The maximum absolute atomic E-state index is 12.2. The Balaban J connectivity index is 1.90. The SMILES string of the molecule is CS(=O)Cc1cccc(C(=O)NCc2ccc(OCC(F)(F)F)cc2)c1. The van der Waals surface area contributed by atoms with Crippen LogP contribution in [0.2, 0.25) is 0 Å². The van der Waals surface area contributed by atoms with Crippen molar-refractivity contribution in [1.82, 2.24) is 5.32 Å². The molecule has 0 aliphatic heterocycles. The summed E-state index contributed by atoms with van der Waals surface area (Å²) in [6.45, 7) is -1.12. The van der Waals surface area contributed by atoms with Crippen molar-refractivity contribution in [1.29, 1.82) is 0 Å². The molecule has 1 unspecified atom stereocenters. The predicted molar refractivity (Wildman–Crippen MR) is 93.4 cm³/mol. The van der Waals surface area contributed by atoms with E-state index in [1.165, 1.54) is 12.1 Å². The highest BCUT2D eigenvalue weighted by Crippen LogP contribution is 2.19. The van der Waals surface area contributed by atoms with Crippen molar-refractivity contribution in [3.05, 3.63) is 65.2 Å². The van der Waals surface area contributed by atoms with Crippen LogP contribution in [0, 0.1) is 0 Å². The second-order valence-corrected chi connectivity index (χ2v) is 7.08. The van der Waals surface area contributed by atoms with Gasteiger partial charge in [-0.05, 0) is 35.4 Å². The molecule has 0 aliphatic rings. The van der Waals surface area contributed by atoms with Gasteiger partial charge in [-0.1, -0.05) is 24.3 Å². The van der Waals surface area contributed by atoms with E-state index in [1.54, 1.807) is 42.7 Å². The molecule has 2 aromatic carbocycles. The van der Waals surface area contributed by atoms with E-state index >= 15 is 0 Å². The van der Waals surface area contributed by atoms with E-state index in [0.717, 1.165) is 11.1 Å². The van der Waals surface area contributed by atoms with Gasteiger partial charge in [0.05, 0.1) is 0 Å². The Kier molecular flexibility index (Phi) is 6.79. The van der Waals surface area contributed by atoms with Gasteiger partial charge >= 0.3 is 6.18 Å². The number of amides is 1. The number of hydrogen-bond acceptors (Lipinski definition) is 3. The van der Waals surface area contributed by atoms with Crippen molar-refractivity contribution in [2.75, 3.05) is 12.9 Å². The van der Waals surface area contributed by atoms with E-state index in [2.05, 4.69) is 10.1 Å². The molecule has 140 valence electrons. The molecule has 1 N–H and O–H groups in total. The van der Waals surface area contributed by atoms with E-state index in [4.69, 9.17) is 0 Å². The first kappa shape index (κ1) is 20.0. The zero-order valence-electron chi connectivity index (χ0n) is 14.0. The second kappa shape index (κ2) is 8.84. The number of rotatable bonds is 7. The third-order valence-corrected chi connectivity index (χ3v) is 4.08. The monoisotopic (exact) mass is 385 g/mol. The normalized spacial score (nSPS) is 12.5. The smallest absolute Gasteiger partial charge is 0.422 e. The van der Waals surface area contributed by atoms with Crippen LogP contribution in [0.25, 0.3) is 0 Å². The molecule has 0 spiro atoms. The fraction of sp³-hybridized carbons (Fsp3) is 0.278. The molecule has 2 aromatic rings. The minimum Gasteiger partial charge on any atom is -0.484 e. The molecule has 0 radical (unpaired) electrons. The van der Waals surface area contributed by atoms with Crippen LogP contribution in [0.3, 0.4) is 0 Å². The molecule has 26 heavy (non-hydrogen) atoms. The molecule has 8 heteroatoms. The van der Waals surface area contributed by atoms with Crippen LogP contribution < -0.4 is 10.1 Å². The molecule has 0 heterocycles. The van der Waals surface area contributed by atoms with Gasteiger partial charge in [-0.3, -0.25) is 9.00 Å².